The quantitative estimate of drug-likeness (QED) is 0.128. The molecular formula is C24H34N2O7P+. The van der Waals surface area contributed by atoms with E-state index in [1.54, 1.807) is 26.8 Å². The summed E-state index contributed by atoms with van der Waals surface area (Å²) in [5.74, 6) is -0.635. The van der Waals surface area contributed by atoms with Gasteiger partial charge in [0.2, 0.25) is 5.30 Å². The number of carbonyl (C=O) groups excluding carboxylic acids is 1. The number of aryl methyl sites for hydroxylation is 2. The van der Waals surface area contributed by atoms with E-state index in [1.165, 1.54) is 18.2 Å². The Kier molecular flexibility index (Phi) is 10.5. The zero-order valence-corrected chi connectivity index (χ0v) is 21.4. The van der Waals surface area contributed by atoms with Crippen molar-refractivity contribution in [1.29, 1.82) is 0 Å². The van der Waals surface area contributed by atoms with E-state index < -0.39 is 18.8 Å². The lowest BCUT2D eigenvalue weighted by Gasteiger charge is -2.23. The van der Waals surface area contributed by atoms with Crippen molar-refractivity contribution in [3.8, 4) is 11.1 Å². The smallest absolute Gasteiger partial charge is 0.448 e. The summed E-state index contributed by atoms with van der Waals surface area (Å²) in [6.45, 7) is 9.71. The lowest BCUT2D eigenvalue weighted by Crippen LogP contribution is -2.27. The molecular weight excluding hydrogens is 459 g/mol. The SMILES string of the molecule is CCCCO[P+](O)(OCCCC)c1c(C)nc(C)c(C(=O)OCC)c1-c1cccc([N+](=O)[O-])c1. The molecule has 0 amide bonds. The van der Waals surface area contributed by atoms with Gasteiger partial charge >= 0.3 is 13.9 Å². The third-order valence-electron chi connectivity index (χ3n) is 5.16. The molecule has 1 aromatic heterocycles. The Morgan fingerprint density at radius 3 is 2.24 bits per heavy atom. The number of hydrogen-bond donors (Lipinski definition) is 1. The standard InChI is InChI=1S/C24H34N2O7P/c1-6-9-14-32-34(30,33-15-10-7-2)23-18(5)25-17(4)21(24(27)31-8-3)22(23)19-12-11-13-20(16-19)26(28)29/h11-13,16,30H,6-10,14-15H2,1-5H3/q+1. The first-order chi connectivity index (χ1) is 16.2. The molecule has 0 aliphatic rings. The highest BCUT2D eigenvalue weighted by Crippen LogP contribution is 2.59. The monoisotopic (exact) mass is 493 g/mol. The number of esters is 1. The third kappa shape index (κ3) is 6.57. The Labute approximate surface area is 201 Å². The van der Waals surface area contributed by atoms with Crippen LogP contribution < -0.4 is 5.30 Å². The van der Waals surface area contributed by atoms with Crippen LogP contribution in [0, 0.1) is 24.0 Å². The first-order valence-corrected chi connectivity index (χ1v) is 13.1. The van der Waals surface area contributed by atoms with Crippen LogP contribution in [0.2, 0.25) is 0 Å². The van der Waals surface area contributed by atoms with Gasteiger partial charge in [0.05, 0.1) is 47.3 Å². The van der Waals surface area contributed by atoms with Crippen molar-refractivity contribution in [2.75, 3.05) is 19.8 Å². The number of aromatic nitrogens is 1. The minimum absolute atomic E-state index is 0.125. The summed E-state index contributed by atoms with van der Waals surface area (Å²) < 4.78 is 17.2. The predicted molar refractivity (Wildman–Crippen MR) is 132 cm³/mol. The third-order valence-corrected chi connectivity index (χ3v) is 7.34. The highest BCUT2D eigenvalue weighted by molar-refractivity contribution is 7.69. The van der Waals surface area contributed by atoms with Gasteiger partial charge in [-0.2, -0.15) is 13.9 Å². The molecule has 0 aliphatic heterocycles. The van der Waals surface area contributed by atoms with E-state index in [4.69, 9.17) is 13.8 Å². The molecule has 1 heterocycles. The number of carbonyl (C=O) groups is 1. The summed E-state index contributed by atoms with van der Waals surface area (Å²) in [5.41, 5.74) is 1.45. The normalized spacial score (nSPS) is 11.5. The van der Waals surface area contributed by atoms with Gasteiger partial charge in [0.25, 0.3) is 5.69 Å². The summed E-state index contributed by atoms with van der Waals surface area (Å²) in [7, 11) is -3.71. The molecule has 0 bridgehead atoms. The van der Waals surface area contributed by atoms with Crippen LogP contribution >= 0.6 is 7.94 Å². The molecule has 0 saturated heterocycles. The Hall–Kier alpha value is -2.45. The molecule has 2 rings (SSSR count). The second-order valence-corrected chi connectivity index (χ2v) is 9.81. The molecule has 0 aliphatic carbocycles. The molecule has 0 spiro atoms. The minimum atomic E-state index is -3.71. The summed E-state index contributed by atoms with van der Waals surface area (Å²) in [6, 6.07) is 5.91. The maximum atomic E-state index is 13.0. The number of ether oxygens (including phenoxy) is 1. The summed E-state index contributed by atoms with van der Waals surface area (Å²) >= 11 is 0. The highest BCUT2D eigenvalue weighted by atomic mass is 31.2. The number of hydrogen-bond acceptors (Lipinski definition) is 8. The number of unbranched alkanes of at least 4 members (excludes halogenated alkanes) is 2. The van der Waals surface area contributed by atoms with Crippen molar-refractivity contribution < 1.29 is 28.4 Å². The van der Waals surface area contributed by atoms with E-state index in [0.29, 0.717) is 29.8 Å². The minimum Gasteiger partial charge on any atom is -0.462 e. The molecule has 10 heteroatoms. The second kappa shape index (κ2) is 12.9. The molecule has 0 radical (unpaired) electrons. The number of nitro groups is 1. The van der Waals surface area contributed by atoms with E-state index in [2.05, 4.69) is 4.98 Å². The molecule has 0 atom stereocenters. The van der Waals surface area contributed by atoms with Gasteiger partial charge in [0.1, 0.15) is 0 Å². The van der Waals surface area contributed by atoms with Gasteiger partial charge in [0, 0.05) is 12.1 Å². The fourth-order valence-corrected chi connectivity index (χ4v) is 5.60. The Bertz CT molecular complexity index is 1000. The lowest BCUT2D eigenvalue weighted by molar-refractivity contribution is -0.384. The fraction of sp³-hybridized carbons (Fsp3) is 0.500. The first kappa shape index (κ1) is 27.8. The van der Waals surface area contributed by atoms with Crippen LogP contribution in [0.1, 0.15) is 68.2 Å². The number of nitro benzene ring substituents is 1. The van der Waals surface area contributed by atoms with E-state index in [-0.39, 0.29) is 41.9 Å². The zero-order chi connectivity index (χ0) is 25.3. The van der Waals surface area contributed by atoms with Gasteiger partial charge in [-0.25, -0.2) is 4.79 Å². The van der Waals surface area contributed by atoms with Crippen LogP contribution in [-0.2, 0) is 13.8 Å². The maximum Gasteiger partial charge on any atom is 0.448 e. The van der Waals surface area contributed by atoms with Crippen LogP contribution in [0.25, 0.3) is 11.1 Å². The number of nitrogens with zero attached hydrogens (tertiary/aromatic N) is 2. The molecule has 1 N–H and O–H groups in total. The van der Waals surface area contributed by atoms with Crippen LogP contribution in [-0.4, -0.2) is 40.6 Å². The summed E-state index contributed by atoms with van der Waals surface area (Å²) in [4.78, 5) is 40.3. The lowest BCUT2D eigenvalue weighted by atomic mass is 9.97. The molecule has 1 aromatic carbocycles. The Morgan fingerprint density at radius 2 is 1.71 bits per heavy atom. The number of non-ortho nitro benzene ring substituents is 1. The summed E-state index contributed by atoms with van der Waals surface area (Å²) in [6.07, 6.45) is 3.11. The van der Waals surface area contributed by atoms with Gasteiger partial charge < -0.3 is 4.74 Å². The van der Waals surface area contributed by atoms with Crippen molar-refractivity contribution in [3.05, 3.63) is 51.3 Å². The first-order valence-electron chi connectivity index (χ1n) is 11.5. The van der Waals surface area contributed by atoms with Gasteiger partial charge in [0.15, 0.2) is 0 Å². The number of rotatable bonds is 13. The summed E-state index contributed by atoms with van der Waals surface area (Å²) in [5, 5.41) is 11.7. The largest absolute Gasteiger partial charge is 0.462 e. The Balaban J connectivity index is 2.88. The molecule has 34 heavy (non-hydrogen) atoms. The topological polar surface area (TPSA) is 121 Å². The van der Waals surface area contributed by atoms with E-state index >= 15 is 0 Å². The van der Waals surface area contributed by atoms with Crippen molar-refractivity contribution in [1.82, 2.24) is 4.98 Å². The second-order valence-electron chi connectivity index (χ2n) is 7.80. The average molecular weight is 494 g/mol. The zero-order valence-electron chi connectivity index (χ0n) is 20.5. The van der Waals surface area contributed by atoms with Gasteiger partial charge in [-0.05, 0) is 39.2 Å². The van der Waals surface area contributed by atoms with Crippen LogP contribution in [0.15, 0.2) is 24.3 Å². The van der Waals surface area contributed by atoms with E-state index in [0.717, 1.165) is 12.8 Å². The molecule has 186 valence electrons. The number of benzene rings is 1. The van der Waals surface area contributed by atoms with E-state index in [9.17, 15) is 19.8 Å². The highest BCUT2D eigenvalue weighted by Gasteiger charge is 2.50. The maximum absolute atomic E-state index is 13.0. The van der Waals surface area contributed by atoms with Gasteiger partial charge in [-0.3, -0.25) is 15.1 Å². The Morgan fingerprint density at radius 1 is 1.09 bits per heavy atom. The molecule has 0 fully saturated rings. The number of pyridine rings is 1. The van der Waals surface area contributed by atoms with Crippen LogP contribution in [0.5, 0.6) is 0 Å². The molecule has 0 unspecified atom stereocenters. The van der Waals surface area contributed by atoms with Crippen molar-refractivity contribution in [2.24, 2.45) is 0 Å². The van der Waals surface area contributed by atoms with Gasteiger partial charge in [-0.1, -0.05) is 38.8 Å². The molecule has 0 saturated carbocycles. The van der Waals surface area contributed by atoms with Crippen LogP contribution in [0.3, 0.4) is 0 Å². The molecule has 2 aromatic rings. The van der Waals surface area contributed by atoms with Gasteiger partial charge in [-0.15, -0.1) is 0 Å². The average Bonchev–Trinajstić information content (AvgIpc) is 2.79. The fourth-order valence-electron chi connectivity index (χ4n) is 3.53. The van der Waals surface area contributed by atoms with Crippen molar-refractivity contribution in [3.63, 3.8) is 0 Å². The van der Waals surface area contributed by atoms with Crippen LogP contribution in [0.4, 0.5) is 5.69 Å². The predicted octanol–water partition coefficient (Wildman–Crippen LogP) is 5.46. The van der Waals surface area contributed by atoms with Crippen molar-refractivity contribution in [2.45, 2.75) is 60.3 Å². The van der Waals surface area contributed by atoms with E-state index in [1.807, 2.05) is 13.8 Å². The van der Waals surface area contributed by atoms with Crippen molar-refractivity contribution >= 4 is 24.9 Å². The molecule has 9 nitrogen and oxygen atoms in total.